The van der Waals surface area contributed by atoms with Crippen molar-refractivity contribution in [2.24, 2.45) is 0 Å². The van der Waals surface area contributed by atoms with E-state index >= 15 is 0 Å². The number of esters is 1. The third-order valence-electron chi connectivity index (χ3n) is 8.86. The molecule has 2 aliphatic rings. The van der Waals surface area contributed by atoms with Gasteiger partial charge in [-0.05, 0) is 74.9 Å². The van der Waals surface area contributed by atoms with Crippen LogP contribution in [-0.2, 0) is 25.3 Å². The number of rotatable bonds is 7. The van der Waals surface area contributed by atoms with Crippen LogP contribution in [0.1, 0.15) is 78.2 Å². The second kappa shape index (κ2) is 15.7. The molecule has 3 unspecified atom stereocenters. The summed E-state index contributed by atoms with van der Waals surface area (Å²) in [5, 5.41) is 2.93. The van der Waals surface area contributed by atoms with Gasteiger partial charge in [0.25, 0.3) is 0 Å². The fourth-order valence-corrected chi connectivity index (χ4v) is 6.67. The Balaban J connectivity index is 1.94. The van der Waals surface area contributed by atoms with Crippen molar-refractivity contribution in [2.75, 3.05) is 26.8 Å². The molecule has 1 N–H and O–H groups in total. The van der Waals surface area contributed by atoms with Gasteiger partial charge >= 0.3 is 12.0 Å². The molecule has 3 atom stereocenters. The Morgan fingerprint density at radius 3 is 2.40 bits per heavy atom. The van der Waals surface area contributed by atoms with Crippen LogP contribution in [0.15, 0.2) is 36.4 Å². The number of nitrogens with zero attached hydrogens (tertiary/aromatic N) is 2. The summed E-state index contributed by atoms with van der Waals surface area (Å²) in [6.45, 7) is 14.3. The number of amides is 3. The van der Waals surface area contributed by atoms with Crippen LogP contribution in [0, 0.1) is 0 Å². The van der Waals surface area contributed by atoms with Crippen LogP contribution in [0.25, 0.3) is 0 Å². The highest BCUT2D eigenvalue weighted by Gasteiger charge is 2.46. The average molecular weight is 616 g/mol. The molecule has 0 spiro atoms. The Bertz CT molecular complexity index is 1100. The van der Waals surface area contributed by atoms with Gasteiger partial charge in [0.2, 0.25) is 5.91 Å². The van der Waals surface area contributed by atoms with Crippen LogP contribution in [0.2, 0.25) is 18.1 Å². The van der Waals surface area contributed by atoms with Gasteiger partial charge in [-0.2, -0.15) is 0 Å². The van der Waals surface area contributed by atoms with Crippen LogP contribution in [0.5, 0.6) is 5.75 Å². The first-order valence-electron chi connectivity index (χ1n) is 15.8. The Labute approximate surface area is 259 Å². The van der Waals surface area contributed by atoms with Gasteiger partial charge in [0.05, 0.1) is 19.8 Å². The van der Waals surface area contributed by atoms with E-state index in [1.54, 1.807) is 18.9 Å². The van der Waals surface area contributed by atoms with Crippen molar-refractivity contribution < 1.29 is 28.3 Å². The lowest BCUT2D eigenvalue weighted by Crippen LogP contribution is -2.53. The Morgan fingerprint density at radius 2 is 1.74 bits per heavy atom. The number of urea groups is 1. The standard InChI is InChI=1S/C33H53N3O6Si/c1-8-41-31(38)28-16-14-12-10-9-11-13-15-21-35(23-25-17-19-26(40-5)20-18-25)32(39)36-24-27(22-29(36)30(37)34-28)42-43(6,7)33(2,3)4/h10,12,17-20,27-29H,8-9,11,13-16,21-24H2,1-7H3,(H,34,37). The van der Waals surface area contributed by atoms with E-state index in [4.69, 9.17) is 13.9 Å². The van der Waals surface area contributed by atoms with Gasteiger partial charge in [0.1, 0.15) is 17.8 Å². The van der Waals surface area contributed by atoms with E-state index in [-0.39, 0.29) is 29.7 Å². The smallest absolute Gasteiger partial charge is 0.328 e. The van der Waals surface area contributed by atoms with Crippen LogP contribution >= 0.6 is 0 Å². The number of methoxy groups -OCH3 is 1. The first kappa shape index (κ1) is 34.6. The highest BCUT2D eigenvalue weighted by molar-refractivity contribution is 6.74. The van der Waals surface area contributed by atoms with Gasteiger partial charge in [-0.15, -0.1) is 0 Å². The summed E-state index contributed by atoms with van der Waals surface area (Å²) in [5.74, 6) is -0.0289. The topological polar surface area (TPSA) is 97.4 Å². The average Bonchev–Trinajstić information content (AvgIpc) is 3.37. The first-order valence-corrected chi connectivity index (χ1v) is 18.8. The molecule has 9 nitrogen and oxygen atoms in total. The van der Waals surface area contributed by atoms with Crippen LogP contribution in [-0.4, -0.2) is 81.0 Å². The summed E-state index contributed by atoms with van der Waals surface area (Å²) in [5.41, 5.74) is 0.989. The lowest BCUT2D eigenvalue weighted by atomic mass is 10.1. The predicted molar refractivity (Wildman–Crippen MR) is 171 cm³/mol. The molecule has 1 aromatic carbocycles. The van der Waals surface area contributed by atoms with Gasteiger partial charge in [0, 0.05) is 26.1 Å². The lowest BCUT2D eigenvalue weighted by molar-refractivity contribution is -0.148. The van der Waals surface area contributed by atoms with Crippen LogP contribution in [0.4, 0.5) is 4.79 Å². The van der Waals surface area contributed by atoms with Gasteiger partial charge in [-0.25, -0.2) is 9.59 Å². The Morgan fingerprint density at radius 1 is 1.05 bits per heavy atom. The highest BCUT2D eigenvalue weighted by atomic mass is 28.4. The molecule has 3 rings (SSSR count). The van der Waals surface area contributed by atoms with E-state index in [2.05, 4.69) is 51.3 Å². The molecule has 3 amide bonds. The van der Waals surface area contributed by atoms with Crippen molar-refractivity contribution in [3.8, 4) is 5.75 Å². The monoisotopic (exact) mass is 615 g/mol. The number of benzene rings is 1. The summed E-state index contributed by atoms with van der Waals surface area (Å²) < 4.78 is 17.4. The molecule has 0 aliphatic carbocycles. The molecule has 1 saturated heterocycles. The normalized spacial score (nSPS) is 23.1. The van der Waals surface area contributed by atoms with E-state index in [1.165, 1.54) is 0 Å². The minimum atomic E-state index is -2.17. The van der Waals surface area contributed by atoms with Crippen molar-refractivity contribution in [2.45, 2.75) is 116 Å². The molecular formula is C33H53N3O6Si. The molecule has 10 heteroatoms. The molecule has 43 heavy (non-hydrogen) atoms. The van der Waals surface area contributed by atoms with Gasteiger partial charge in [-0.3, -0.25) is 4.79 Å². The van der Waals surface area contributed by atoms with Gasteiger partial charge < -0.3 is 29.0 Å². The predicted octanol–water partition coefficient (Wildman–Crippen LogP) is 6.04. The molecule has 2 heterocycles. The third-order valence-corrected chi connectivity index (χ3v) is 13.4. The number of fused-ring (bicyclic) bond motifs is 1. The number of allylic oxidation sites excluding steroid dienone is 2. The molecule has 0 aromatic heterocycles. The van der Waals surface area contributed by atoms with E-state index in [0.29, 0.717) is 38.9 Å². The van der Waals surface area contributed by atoms with E-state index in [9.17, 15) is 14.4 Å². The molecule has 240 valence electrons. The number of hydrogen-bond donors (Lipinski definition) is 1. The summed E-state index contributed by atoms with van der Waals surface area (Å²) >= 11 is 0. The number of ether oxygens (including phenoxy) is 2. The fourth-order valence-electron chi connectivity index (χ4n) is 5.31. The number of carbonyl (C=O) groups excluding carboxylic acids is 3. The molecule has 1 aromatic rings. The molecule has 1 fully saturated rings. The van der Waals surface area contributed by atoms with Crippen molar-refractivity contribution in [3.63, 3.8) is 0 Å². The molecule has 0 bridgehead atoms. The van der Waals surface area contributed by atoms with Crippen molar-refractivity contribution in [1.82, 2.24) is 15.1 Å². The lowest BCUT2D eigenvalue weighted by Gasteiger charge is -2.38. The number of carbonyl (C=O) groups is 3. The molecule has 0 saturated carbocycles. The van der Waals surface area contributed by atoms with Gasteiger partial charge in [0.15, 0.2) is 8.32 Å². The fraction of sp³-hybridized carbons (Fsp3) is 0.667. The van der Waals surface area contributed by atoms with Crippen LogP contribution < -0.4 is 10.1 Å². The Kier molecular flexibility index (Phi) is 12.7. The summed E-state index contributed by atoms with van der Waals surface area (Å²) in [4.78, 5) is 44.6. The highest BCUT2D eigenvalue weighted by Crippen LogP contribution is 2.39. The summed E-state index contributed by atoms with van der Waals surface area (Å²) in [7, 11) is -0.539. The van der Waals surface area contributed by atoms with Gasteiger partial charge in [-0.1, -0.05) is 51.5 Å². The largest absolute Gasteiger partial charge is 0.497 e. The maximum atomic E-state index is 14.3. The van der Waals surface area contributed by atoms with E-state index in [1.807, 2.05) is 29.2 Å². The molecule has 2 aliphatic heterocycles. The maximum Gasteiger partial charge on any atom is 0.328 e. The second-order valence-electron chi connectivity index (χ2n) is 13.2. The number of hydrogen-bond acceptors (Lipinski definition) is 6. The summed E-state index contributed by atoms with van der Waals surface area (Å²) in [6.07, 6.45) is 9.24. The SMILES string of the molecule is CCOC(=O)C1CCC=CCCCCCN(Cc2ccc(OC)cc2)C(=O)N2CC(O[Si](C)(C)C(C)(C)C)CC2C(=O)N1. The van der Waals surface area contributed by atoms with Crippen molar-refractivity contribution in [3.05, 3.63) is 42.0 Å². The van der Waals surface area contributed by atoms with E-state index in [0.717, 1.165) is 37.0 Å². The van der Waals surface area contributed by atoms with Crippen LogP contribution in [0.3, 0.4) is 0 Å². The first-order chi connectivity index (χ1) is 20.4. The zero-order chi connectivity index (χ0) is 31.6. The second-order valence-corrected chi connectivity index (χ2v) is 17.9. The van der Waals surface area contributed by atoms with Crippen molar-refractivity contribution in [1.29, 1.82) is 0 Å². The summed E-state index contributed by atoms with van der Waals surface area (Å²) in [6, 6.07) is 6.02. The quantitative estimate of drug-likeness (QED) is 0.228. The molecular weight excluding hydrogens is 562 g/mol. The van der Waals surface area contributed by atoms with Crippen molar-refractivity contribution >= 4 is 26.2 Å². The zero-order valence-electron chi connectivity index (χ0n) is 27.3. The zero-order valence-corrected chi connectivity index (χ0v) is 28.3. The van der Waals surface area contributed by atoms with E-state index < -0.39 is 26.4 Å². The number of nitrogens with one attached hydrogen (secondary N) is 1. The minimum absolute atomic E-state index is 0.0165. The Hall–Kier alpha value is -2.85. The minimum Gasteiger partial charge on any atom is -0.497 e. The maximum absolute atomic E-state index is 14.3. The molecule has 0 radical (unpaired) electrons. The third kappa shape index (κ3) is 9.83.